The summed E-state index contributed by atoms with van der Waals surface area (Å²) in [4.78, 5) is 15.1. The van der Waals surface area contributed by atoms with Crippen LogP contribution in [0.15, 0.2) is 36.4 Å². The molecule has 1 aliphatic heterocycles. The summed E-state index contributed by atoms with van der Waals surface area (Å²) >= 11 is 1.58. The molecule has 5 rings (SSSR count). The fourth-order valence-electron chi connectivity index (χ4n) is 6.28. The van der Waals surface area contributed by atoms with Crippen molar-refractivity contribution in [2.24, 2.45) is 0 Å². The molecule has 3 aliphatic rings. The van der Waals surface area contributed by atoms with Crippen LogP contribution in [-0.4, -0.2) is 50.0 Å². The molecule has 1 saturated carbocycles. The normalized spacial score (nSPS) is 26.0. The number of amides is 2. The van der Waals surface area contributed by atoms with E-state index >= 15 is 0 Å². The van der Waals surface area contributed by atoms with Crippen molar-refractivity contribution in [1.29, 1.82) is 0 Å². The molecule has 3 unspecified atom stereocenters. The van der Waals surface area contributed by atoms with Crippen LogP contribution >= 0.6 is 11.9 Å². The molecule has 2 aliphatic carbocycles. The van der Waals surface area contributed by atoms with E-state index in [1.165, 1.54) is 23.1 Å². The van der Waals surface area contributed by atoms with Crippen LogP contribution in [-0.2, 0) is 18.3 Å². The zero-order valence-corrected chi connectivity index (χ0v) is 21.2. The van der Waals surface area contributed by atoms with Gasteiger partial charge in [0.1, 0.15) is 0 Å². The van der Waals surface area contributed by atoms with Gasteiger partial charge in [-0.2, -0.15) is 0 Å². The van der Waals surface area contributed by atoms with Crippen molar-refractivity contribution in [3.05, 3.63) is 53.1 Å². The Morgan fingerprint density at radius 2 is 1.88 bits per heavy atom. The van der Waals surface area contributed by atoms with Gasteiger partial charge in [0, 0.05) is 22.4 Å². The molecular weight excluding hydrogens is 446 g/mol. The van der Waals surface area contributed by atoms with E-state index < -0.39 is 0 Å². The van der Waals surface area contributed by atoms with Gasteiger partial charge in [-0.05, 0) is 111 Å². The van der Waals surface area contributed by atoms with E-state index in [2.05, 4.69) is 46.3 Å². The van der Waals surface area contributed by atoms with Gasteiger partial charge in [-0.3, -0.25) is 4.72 Å². The first-order chi connectivity index (χ1) is 16.5. The molecule has 6 nitrogen and oxygen atoms in total. The van der Waals surface area contributed by atoms with Crippen LogP contribution in [0.25, 0.3) is 0 Å². The highest BCUT2D eigenvalue weighted by Crippen LogP contribution is 2.51. The number of likely N-dealkylation sites (N-methyl/N-ethyl adjacent to an activating group) is 1. The molecule has 2 N–H and O–H groups in total. The lowest BCUT2D eigenvalue weighted by Gasteiger charge is -2.44. The fourth-order valence-corrected chi connectivity index (χ4v) is 7.12. The minimum absolute atomic E-state index is 0.123. The van der Waals surface area contributed by atoms with Crippen molar-refractivity contribution in [3.63, 3.8) is 0 Å². The maximum atomic E-state index is 12.6. The third-order valence-electron chi connectivity index (χ3n) is 8.11. The molecule has 7 heteroatoms. The van der Waals surface area contributed by atoms with Gasteiger partial charge in [-0.1, -0.05) is 12.1 Å². The quantitative estimate of drug-likeness (QED) is 0.558. The molecule has 2 aromatic carbocycles. The standard InChI is InChI=1S/C27H35N3O3S/c1-30-14-13-27(20-8-10-23(32-2)24(16-20)33-3)12-11-22(17-25(27)30)34-29-26(31)28-21-9-7-18-5-4-6-19(18)15-21/h7-10,15-16,22,25H,4-6,11-14,17H2,1-3H3,(H2,28,29,31). The summed E-state index contributed by atoms with van der Waals surface area (Å²) in [6, 6.07) is 13.0. The van der Waals surface area contributed by atoms with Gasteiger partial charge < -0.3 is 19.7 Å². The minimum atomic E-state index is -0.139. The van der Waals surface area contributed by atoms with Crippen LogP contribution < -0.4 is 19.5 Å². The second kappa shape index (κ2) is 9.70. The Labute approximate surface area is 206 Å². The van der Waals surface area contributed by atoms with Gasteiger partial charge in [0.15, 0.2) is 11.5 Å². The largest absolute Gasteiger partial charge is 0.493 e. The Bertz CT molecular complexity index is 1060. The Hall–Kier alpha value is -2.38. The summed E-state index contributed by atoms with van der Waals surface area (Å²) < 4.78 is 14.1. The summed E-state index contributed by atoms with van der Waals surface area (Å²) in [6.07, 6.45) is 7.84. The number of aryl methyl sites for hydroxylation is 2. The number of likely N-dealkylation sites (tertiary alicyclic amines) is 1. The Morgan fingerprint density at radius 3 is 2.71 bits per heavy atom. The molecule has 0 spiro atoms. The number of carbonyl (C=O) groups is 1. The molecule has 2 amide bonds. The zero-order valence-electron chi connectivity index (χ0n) is 20.4. The molecule has 3 atom stereocenters. The van der Waals surface area contributed by atoms with E-state index in [1.807, 2.05) is 12.1 Å². The first kappa shape index (κ1) is 23.4. The molecule has 1 saturated heterocycles. The highest BCUT2D eigenvalue weighted by atomic mass is 32.2. The van der Waals surface area contributed by atoms with Crippen LogP contribution in [0.2, 0.25) is 0 Å². The molecular formula is C27H35N3O3S. The van der Waals surface area contributed by atoms with Crippen LogP contribution in [0, 0.1) is 0 Å². The fraction of sp³-hybridized carbons (Fsp3) is 0.519. The van der Waals surface area contributed by atoms with Crippen molar-refractivity contribution in [1.82, 2.24) is 9.62 Å². The van der Waals surface area contributed by atoms with E-state index in [0.717, 1.165) is 62.3 Å². The predicted molar refractivity (Wildman–Crippen MR) is 138 cm³/mol. The van der Waals surface area contributed by atoms with Gasteiger partial charge in [-0.25, -0.2) is 4.79 Å². The number of benzene rings is 2. The molecule has 0 radical (unpaired) electrons. The number of fused-ring (bicyclic) bond motifs is 2. The highest BCUT2D eigenvalue weighted by Gasteiger charge is 2.50. The molecule has 34 heavy (non-hydrogen) atoms. The van der Waals surface area contributed by atoms with Gasteiger partial charge in [0.2, 0.25) is 0 Å². The zero-order chi connectivity index (χ0) is 23.7. The first-order valence-electron chi connectivity index (χ1n) is 12.3. The van der Waals surface area contributed by atoms with Crippen molar-refractivity contribution in [2.45, 2.75) is 61.7 Å². The van der Waals surface area contributed by atoms with E-state index in [4.69, 9.17) is 9.47 Å². The lowest BCUT2D eigenvalue weighted by atomic mass is 9.66. The maximum Gasteiger partial charge on any atom is 0.329 e. The Kier molecular flexibility index (Phi) is 6.67. The number of rotatable bonds is 6. The second-order valence-electron chi connectivity index (χ2n) is 9.88. The predicted octanol–water partition coefficient (Wildman–Crippen LogP) is 5.16. The number of hydrogen-bond donors (Lipinski definition) is 2. The van der Waals surface area contributed by atoms with Crippen molar-refractivity contribution in [3.8, 4) is 11.5 Å². The summed E-state index contributed by atoms with van der Waals surface area (Å²) in [5, 5.41) is 3.41. The topological polar surface area (TPSA) is 62.8 Å². The SMILES string of the molecule is COc1ccc(C23CCC(SNC(=O)Nc4ccc5c(c4)CCC5)CC2N(C)CC3)cc1OC. The van der Waals surface area contributed by atoms with Gasteiger partial charge >= 0.3 is 6.03 Å². The number of nitrogens with one attached hydrogen (secondary N) is 2. The van der Waals surface area contributed by atoms with E-state index in [9.17, 15) is 4.79 Å². The van der Waals surface area contributed by atoms with Crippen molar-refractivity contribution < 1.29 is 14.3 Å². The summed E-state index contributed by atoms with van der Waals surface area (Å²) in [5.74, 6) is 1.57. The Balaban J connectivity index is 1.22. The van der Waals surface area contributed by atoms with E-state index in [0.29, 0.717) is 11.3 Å². The molecule has 2 aromatic rings. The average molecular weight is 482 g/mol. The number of nitrogens with zero attached hydrogens (tertiary/aromatic N) is 1. The minimum Gasteiger partial charge on any atom is -0.493 e. The third kappa shape index (κ3) is 4.36. The molecule has 0 aromatic heterocycles. The summed E-state index contributed by atoms with van der Waals surface area (Å²) in [7, 11) is 5.61. The lowest BCUT2D eigenvalue weighted by molar-refractivity contribution is 0.185. The van der Waals surface area contributed by atoms with Crippen LogP contribution in [0.3, 0.4) is 0 Å². The molecule has 1 heterocycles. The highest BCUT2D eigenvalue weighted by molar-refractivity contribution is 7.98. The van der Waals surface area contributed by atoms with Gasteiger partial charge in [0.25, 0.3) is 0 Å². The first-order valence-corrected chi connectivity index (χ1v) is 13.2. The number of ether oxygens (including phenoxy) is 2. The lowest BCUT2D eigenvalue weighted by Crippen LogP contribution is -2.47. The van der Waals surface area contributed by atoms with Gasteiger partial charge in [0.05, 0.1) is 14.2 Å². The van der Waals surface area contributed by atoms with E-state index in [1.54, 1.807) is 26.2 Å². The molecule has 0 bridgehead atoms. The average Bonchev–Trinajstić information content (AvgIpc) is 3.46. The molecule has 182 valence electrons. The van der Waals surface area contributed by atoms with Crippen LogP contribution in [0.1, 0.15) is 48.8 Å². The van der Waals surface area contributed by atoms with Crippen molar-refractivity contribution >= 4 is 23.7 Å². The summed E-state index contributed by atoms with van der Waals surface area (Å²) in [6.45, 7) is 1.09. The number of anilines is 1. The third-order valence-corrected chi connectivity index (χ3v) is 9.18. The number of carbonyl (C=O) groups excluding carboxylic acids is 1. The number of methoxy groups -OCH3 is 2. The van der Waals surface area contributed by atoms with Crippen molar-refractivity contribution in [2.75, 3.05) is 33.1 Å². The van der Waals surface area contributed by atoms with Crippen LogP contribution in [0.4, 0.5) is 10.5 Å². The number of hydrogen-bond acceptors (Lipinski definition) is 5. The summed E-state index contributed by atoms with van der Waals surface area (Å²) in [5.41, 5.74) is 5.13. The molecule has 2 fully saturated rings. The Morgan fingerprint density at radius 1 is 1.06 bits per heavy atom. The van der Waals surface area contributed by atoms with Gasteiger partial charge in [-0.15, -0.1) is 0 Å². The van der Waals surface area contributed by atoms with Crippen LogP contribution in [0.5, 0.6) is 11.5 Å². The maximum absolute atomic E-state index is 12.6. The monoisotopic (exact) mass is 481 g/mol. The van der Waals surface area contributed by atoms with E-state index in [-0.39, 0.29) is 11.4 Å². The second-order valence-corrected chi connectivity index (χ2v) is 11.0. The smallest absolute Gasteiger partial charge is 0.329 e. The number of urea groups is 1.